The highest BCUT2D eigenvalue weighted by Crippen LogP contribution is 2.34. The van der Waals surface area contributed by atoms with Crippen molar-refractivity contribution in [2.45, 2.75) is 25.4 Å². The van der Waals surface area contributed by atoms with Crippen LogP contribution in [-0.2, 0) is 19.3 Å². The van der Waals surface area contributed by atoms with Crippen molar-refractivity contribution in [1.82, 2.24) is 0 Å². The van der Waals surface area contributed by atoms with Gasteiger partial charge in [0, 0.05) is 28.8 Å². The summed E-state index contributed by atoms with van der Waals surface area (Å²) in [6.45, 7) is 0.722. The summed E-state index contributed by atoms with van der Waals surface area (Å²) in [5, 5.41) is 11.1. The molecule has 0 amide bonds. The Hall–Kier alpha value is -1.03. The molecule has 0 saturated carbocycles. The van der Waals surface area contributed by atoms with Gasteiger partial charge in [-0.25, -0.2) is 0 Å². The zero-order chi connectivity index (χ0) is 14.8. The second kappa shape index (κ2) is 6.39. The van der Waals surface area contributed by atoms with Crippen LogP contribution >= 0.6 is 27.5 Å². The molecule has 1 N–H and O–H groups in total. The van der Waals surface area contributed by atoms with Gasteiger partial charge in [-0.05, 0) is 34.9 Å². The van der Waals surface area contributed by atoms with Gasteiger partial charge in [0.15, 0.2) is 0 Å². The lowest BCUT2D eigenvalue weighted by Crippen LogP contribution is -2.14. The molecule has 1 atom stereocenters. The van der Waals surface area contributed by atoms with E-state index in [2.05, 4.69) is 22.0 Å². The van der Waals surface area contributed by atoms with E-state index in [1.54, 1.807) is 0 Å². The lowest BCUT2D eigenvalue weighted by atomic mass is 9.99. The molecule has 1 aliphatic heterocycles. The maximum Gasteiger partial charge on any atom is 0.125 e. The minimum Gasteiger partial charge on any atom is -0.493 e. The summed E-state index contributed by atoms with van der Waals surface area (Å²) >= 11 is 9.67. The highest BCUT2D eigenvalue weighted by atomic mass is 79.9. The molecule has 0 spiro atoms. The molecule has 0 saturated heterocycles. The first-order chi connectivity index (χ1) is 10.1. The maximum atomic E-state index is 10.4. The smallest absolute Gasteiger partial charge is 0.125 e. The van der Waals surface area contributed by atoms with Crippen molar-refractivity contribution in [1.29, 1.82) is 0 Å². The molecule has 2 nitrogen and oxygen atoms in total. The summed E-state index contributed by atoms with van der Waals surface area (Å²) in [6, 6.07) is 11.8. The van der Waals surface area contributed by atoms with Crippen molar-refractivity contribution < 1.29 is 9.84 Å². The topological polar surface area (TPSA) is 29.5 Å². The Kier molecular flexibility index (Phi) is 4.53. The van der Waals surface area contributed by atoms with Gasteiger partial charge in [-0.2, -0.15) is 0 Å². The predicted octanol–water partition coefficient (Wildman–Crippen LogP) is 4.18. The van der Waals surface area contributed by atoms with Gasteiger partial charge in [-0.1, -0.05) is 45.7 Å². The standard InChI is InChI=1S/C17H16BrClO2/c18-14-7-12-5-6-21-17(12)13(8-14)10-15(20)9-11-3-1-2-4-16(11)19/h1-4,7-8,15,20H,5-6,9-10H2. The third-order valence-corrected chi connectivity index (χ3v) is 4.52. The number of hydrogen-bond donors (Lipinski definition) is 1. The highest BCUT2D eigenvalue weighted by Gasteiger charge is 2.19. The number of halogens is 2. The third kappa shape index (κ3) is 3.42. The maximum absolute atomic E-state index is 10.4. The minimum atomic E-state index is -0.479. The second-order valence-corrected chi connectivity index (χ2v) is 6.63. The zero-order valence-electron chi connectivity index (χ0n) is 11.5. The molecular formula is C17H16BrClO2. The summed E-state index contributed by atoms with van der Waals surface area (Å²) in [7, 11) is 0. The first-order valence-corrected chi connectivity index (χ1v) is 8.16. The Morgan fingerprint density at radius 3 is 2.76 bits per heavy atom. The summed E-state index contributed by atoms with van der Waals surface area (Å²) < 4.78 is 6.74. The van der Waals surface area contributed by atoms with Crippen LogP contribution in [0.15, 0.2) is 40.9 Å². The van der Waals surface area contributed by atoms with Gasteiger partial charge in [-0.3, -0.25) is 0 Å². The quantitative estimate of drug-likeness (QED) is 0.878. The van der Waals surface area contributed by atoms with E-state index in [9.17, 15) is 5.11 Å². The lowest BCUT2D eigenvalue weighted by Gasteiger charge is -2.14. The van der Waals surface area contributed by atoms with Crippen molar-refractivity contribution in [3.8, 4) is 5.75 Å². The van der Waals surface area contributed by atoms with Crippen molar-refractivity contribution in [2.75, 3.05) is 6.61 Å². The van der Waals surface area contributed by atoms with Crippen molar-refractivity contribution >= 4 is 27.5 Å². The van der Waals surface area contributed by atoms with E-state index in [-0.39, 0.29) is 0 Å². The molecule has 0 fully saturated rings. The predicted molar refractivity (Wildman–Crippen MR) is 88.2 cm³/mol. The zero-order valence-corrected chi connectivity index (χ0v) is 13.8. The van der Waals surface area contributed by atoms with Gasteiger partial charge in [-0.15, -0.1) is 0 Å². The molecule has 110 valence electrons. The Morgan fingerprint density at radius 1 is 1.19 bits per heavy atom. The number of rotatable bonds is 4. The highest BCUT2D eigenvalue weighted by molar-refractivity contribution is 9.10. The van der Waals surface area contributed by atoms with Crippen LogP contribution in [0, 0.1) is 0 Å². The van der Waals surface area contributed by atoms with E-state index >= 15 is 0 Å². The molecule has 0 bridgehead atoms. The largest absolute Gasteiger partial charge is 0.493 e. The van der Waals surface area contributed by atoms with Gasteiger partial charge in [0.05, 0.1) is 12.7 Å². The van der Waals surface area contributed by atoms with Crippen LogP contribution in [0.2, 0.25) is 5.02 Å². The number of ether oxygens (including phenoxy) is 1. The van der Waals surface area contributed by atoms with Crippen LogP contribution in [0.4, 0.5) is 0 Å². The SMILES string of the molecule is OC(Cc1ccccc1Cl)Cc1cc(Br)cc2c1OCC2. The fourth-order valence-electron chi connectivity index (χ4n) is 2.74. The number of aliphatic hydroxyl groups is 1. The normalized spacial score (nSPS) is 14.6. The Bertz CT molecular complexity index is 657. The molecule has 2 aromatic carbocycles. The second-order valence-electron chi connectivity index (χ2n) is 5.31. The van der Waals surface area contributed by atoms with Crippen molar-refractivity contribution in [3.63, 3.8) is 0 Å². The minimum absolute atomic E-state index is 0.479. The van der Waals surface area contributed by atoms with Gasteiger partial charge in [0.25, 0.3) is 0 Å². The Balaban J connectivity index is 1.77. The fourth-order valence-corrected chi connectivity index (χ4v) is 3.51. The molecule has 0 radical (unpaired) electrons. The van der Waals surface area contributed by atoms with E-state index in [0.29, 0.717) is 17.9 Å². The van der Waals surface area contributed by atoms with E-state index in [4.69, 9.17) is 16.3 Å². The van der Waals surface area contributed by atoms with Gasteiger partial charge < -0.3 is 9.84 Å². The number of fused-ring (bicyclic) bond motifs is 1. The molecule has 0 aliphatic carbocycles. The van der Waals surface area contributed by atoms with Gasteiger partial charge in [0.2, 0.25) is 0 Å². The third-order valence-electron chi connectivity index (χ3n) is 3.69. The van der Waals surface area contributed by atoms with Crippen LogP contribution in [-0.4, -0.2) is 17.8 Å². The lowest BCUT2D eigenvalue weighted by molar-refractivity contribution is 0.174. The van der Waals surface area contributed by atoms with Crippen molar-refractivity contribution in [2.24, 2.45) is 0 Å². The van der Waals surface area contributed by atoms with E-state index < -0.39 is 6.10 Å². The van der Waals surface area contributed by atoms with E-state index in [0.717, 1.165) is 34.4 Å². The molecule has 1 heterocycles. The van der Waals surface area contributed by atoms with Gasteiger partial charge in [0.1, 0.15) is 5.75 Å². The monoisotopic (exact) mass is 366 g/mol. The molecule has 1 aliphatic rings. The fraction of sp³-hybridized carbons (Fsp3) is 0.294. The molecule has 2 aromatic rings. The van der Waals surface area contributed by atoms with E-state index in [1.807, 2.05) is 30.3 Å². The average molecular weight is 368 g/mol. The summed E-state index contributed by atoms with van der Waals surface area (Å²) in [5.74, 6) is 0.941. The molecule has 3 rings (SSSR count). The van der Waals surface area contributed by atoms with Crippen LogP contribution in [0.1, 0.15) is 16.7 Å². The first kappa shape index (κ1) is 14.9. The molecule has 1 unspecified atom stereocenters. The average Bonchev–Trinajstić information content (AvgIpc) is 2.89. The van der Waals surface area contributed by atoms with Crippen molar-refractivity contribution in [3.05, 3.63) is 62.6 Å². The number of hydrogen-bond acceptors (Lipinski definition) is 2. The Morgan fingerprint density at radius 2 is 1.95 bits per heavy atom. The molecule has 0 aromatic heterocycles. The van der Waals surface area contributed by atoms with Crippen LogP contribution in [0.25, 0.3) is 0 Å². The van der Waals surface area contributed by atoms with Crippen LogP contribution in [0.5, 0.6) is 5.75 Å². The van der Waals surface area contributed by atoms with E-state index in [1.165, 1.54) is 5.56 Å². The summed E-state index contributed by atoms with van der Waals surface area (Å²) in [5.41, 5.74) is 3.24. The molecule has 21 heavy (non-hydrogen) atoms. The number of aliphatic hydroxyl groups excluding tert-OH is 1. The first-order valence-electron chi connectivity index (χ1n) is 6.99. The van der Waals surface area contributed by atoms with Crippen LogP contribution in [0.3, 0.4) is 0 Å². The summed E-state index contributed by atoms with van der Waals surface area (Å²) in [4.78, 5) is 0. The van der Waals surface area contributed by atoms with Gasteiger partial charge >= 0.3 is 0 Å². The van der Waals surface area contributed by atoms with Crippen LogP contribution < -0.4 is 4.74 Å². The summed E-state index contributed by atoms with van der Waals surface area (Å²) in [6.07, 6.45) is 1.56. The molecule has 4 heteroatoms. The number of benzene rings is 2. The molecular weight excluding hydrogens is 352 g/mol. The Labute approximate surface area is 137 Å².